The van der Waals surface area contributed by atoms with Crippen molar-refractivity contribution in [2.45, 2.75) is 84.3 Å². The van der Waals surface area contributed by atoms with Gasteiger partial charge in [-0.2, -0.15) is 0 Å². The highest BCUT2D eigenvalue weighted by atomic mass is 79.9. The SMILES string of the molecule is CCCCCCCCCCCC(Oc1ccccc1)[N+](C)(C)CC.[Br-]. The van der Waals surface area contributed by atoms with Crippen molar-refractivity contribution >= 4 is 0 Å². The summed E-state index contributed by atoms with van der Waals surface area (Å²) in [4.78, 5) is 0. The van der Waals surface area contributed by atoms with Crippen molar-refractivity contribution in [2.24, 2.45) is 0 Å². The molecule has 0 spiro atoms. The number of benzene rings is 1. The first-order valence-electron chi connectivity index (χ1n) is 10.1. The summed E-state index contributed by atoms with van der Waals surface area (Å²) < 4.78 is 7.24. The Bertz CT molecular complexity index is 408. The first kappa shape index (κ1) is 24.5. The van der Waals surface area contributed by atoms with Gasteiger partial charge in [0.15, 0.2) is 0 Å². The van der Waals surface area contributed by atoms with Gasteiger partial charge in [-0.1, -0.05) is 76.5 Å². The van der Waals surface area contributed by atoms with Crippen LogP contribution in [0, 0.1) is 0 Å². The van der Waals surface area contributed by atoms with E-state index >= 15 is 0 Å². The van der Waals surface area contributed by atoms with E-state index in [1.807, 2.05) is 6.07 Å². The minimum atomic E-state index is 0. The Morgan fingerprint density at radius 2 is 1.32 bits per heavy atom. The van der Waals surface area contributed by atoms with Gasteiger partial charge in [0.1, 0.15) is 5.75 Å². The van der Waals surface area contributed by atoms with Crippen LogP contribution in [0.5, 0.6) is 5.75 Å². The van der Waals surface area contributed by atoms with Crippen LogP contribution in [0.25, 0.3) is 0 Å². The molecule has 25 heavy (non-hydrogen) atoms. The number of quaternary nitrogens is 1. The summed E-state index contributed by atoms with van der Waals surface area (Å²) in [7, 11) is 4.56. The molecule has 1 atom stereocenters. The predicted octanol–water partition coefficient (Wildman–Crippen LogP) is 3.41. The molecular weight excluding hydrogens is 374 g/mol. The van der Waals surface area contributed by atoms with Gasteiger partial charge < -0.3 is 21.7 Å². The smallest absolute Gasteiger partial charge is 0.233 e. The molecule has 0 saturated carbocycles. The molecule has 146 valence electrons. The highest BCUT2D eigenvalue weighted by Gasteiger charge is 2.27. The molecule has 1 aromatic carbocycles. The maximum atomic E-state index is 6.31. The molecule has 3 heteroatoms. The lowest BCUT2D eigenvalue weighted by Crippen LogP contribution is -3.00. The summed E-state index contributed by atoms with van der Waals surface area (Å²) >= 11 is 0. The molecule has 0 saturated heterocycles. The second kappa shape index (κ2) is 14.6. The van der Waals surface area contributed by atoms with Crippen molar-refractivity contribution in [3.05, 3.63) is 30.3 Å². The first-order chi connectivity index (χ1) is 11.6. The van der Waals surface area contributed by atoms with E-state index in [0.29, 0.717) is 0 Å². The van der Waals surface area contributed by atoms with Crippen LogP contribution >= 0.6 is 0 Å². The summed E-state index contributed by atoms with van der Waals surface area (Å²) in [5, 5.41) is 0. The fourth-order valence-corrected chi connectivity index (χ4v) is 3.04. The number of rotatable bonds is 14. The Labute approximate surface area is 167 Å². The van der Waals surface area contributed by atoms with Gasteiger partial charge >= 0.3 is 0 Å². The van der Waals surface area contributed by atoms with Crippen LogP contribution in [-0.4, -0.2) is 31.4 Å². The van der Waals surface area contributed by atoms with Gasteiger partial charge in [-0.3, -0.25) is 4.48 Å². The minimum absolute atomic E-state index is 0. The molecule has 0 radical (unpaired) electrons. The van der Waals surface area contributed by atoms with E-state index < -0.39 is 0 Å². The van der Waals surface area contributed by atoms with Gasteiger partial charge in [-0.05, 0) is 25.5 Å². The molecule has 1 unspecified atom stereocenters. The summed E-state index contributed by atoms with van der Waals surface area (Å²) in [6.07, 6.45) is 13.8. The van der Waals surface area contributed by atoms with Gasteiger partial charge in [-0.25, -0.2) is 0 Å². The molecule has 0 heterocycles. The quantitative estimate of drug-likeness (QED) is 0.258. The van der Waals surface area contributed by atoms with Crippen LogP contribution in [0.4, 0.5) is 0 Å². The monoisotopic (exact) mass is 413 g/mol. The van der Waals surface area contributed by atoms with E-state index in [4.69, 9.17) is 4.74 Å². The summed E-state index contributed by atoms with van der Waals surface area (Å²) in [6.45, 7) is 5.62. The largest absolute Gasteiger partial charge is 1.00 e. The van der Waals surface area contributed by atoms with E-state index in [1.165, 1.54) is 57.8 Å². The Hall–Kier alpha value is -0.540. The molecule has 2 nitrogen and oxygen atoms in total. The standard InChI is InChI=1S/C22H40NO.BrH/c1-5-7-8-9-10-11-12-13-17-20-22(23(3,4)6-2)24-21-18-15-14-16-19-21;/h14-16,18-19,22H,5-13,17,20H2,1-4H3;1H/q+1;/p-1. The van der Waals surface area contributed by atoms with Crippen molar-refractivity contribution in [3.63, 3.8) is 0 Å². The average molecular weight is 414 g/mol. The normalized spacial score (nSPS) is 12.5. The summed E-state index contributed by atoms with van der Waals surface area (Å²) in [5.74, 6) is 0.998. The van der Waals surface area contributed by atoms with E-state index in [2.05, 4.69) is 52.2 Å². The minimum Gasteiger partial charge on any atom is -1.00 e. The fraction of sp³-hybridized carbons (Fsp3) is 0.727. The summed E-state index contributed by atoms with van der Waals surface area (Å²) in [6, 6.07) is 10.3. The van der Waals surface area contributed by atoms with E-state index in [9.17, 15) is 0 Å². The molecule has 0 aliphatic heterocycles. The van der Waals surface area contributed by atoms with Gasteiger partial charge in [0, 0.05) is 6.42 Å². The van der Waals surface area contributed by atoms with Crippen molar-refractivity contribution < 1.29 is 26.2 Å². The van der Waals surface area contributed by atoms with Crippen LogP contribution in [0.1, 0.15) is 78.1 Å². The van der Waals surface area contributed by atoms with E-state index in [1.54, 1.807) is 0 Å². The third kappa shape index (κ3) is 10.9. The van der Waals surface area contributed by atoms with Crippen molar-refractivity contribution in [1.29, 1.82) is 0 Å². The lowest BCUT2D eigenvalue weighted by molar-refractivity contribution is -0.931. The fourth-order valence-electron chi connectivity index (χ4n) is 3.04. The highest BCUT2D eigenvalue weighted by molar-refractivity contribution is 5.21. The lowest BCUT2D eigenvalue weighted by atomic mass is 10.1. The zero-order chi connectivity index (χ0) is 17.7. The second-order valence-corrected chi connectivity index (χ2v) is 7.60. The molecule has 0 aromatic heterocycles. The number of ether oxygens (including phenoxy) is 1. The number of hydrogen-bond donors (Lipinski definition) is 0. The maximum Gasteiger partial charge on any atom is 0.233 e. The Morgan fingerprint density at radius 3 is 1.84 bits per heavy atom. The number of para-hydroxylation sites is 1. The van der Waals surface area contributed by atoms with Gasteiger partial charge in [0.05, 0.1) is 20.6 Å². The van der Waals surface area contributed by atoms with E-state index in [-0.39, 0.29) is 23.2 Å². The zero-order valence-corrected chi connectivity index (χ0v) is 18.6. The predicted molar refractivity (Wildman–Crippen MR) is 105 cm³/mol. The average Bonchev–Trinajstić information content (AvgIpc) is 2.60. The number of nitrogens with zero attached hydrogens (tertiary/aromatic N) is 1. The molecule has 0 aliphatic rings. The van der Waals surface area contributed by atoms with Gasteiger partial charge in [0.2, 0.25) is 6.23 Å². The van der Waals surface area contributed by atoms with Crippen molar-refractivity contribution in [1.82, 2.24) is 0 Å². The van der Waals surface area contributed by atoms with Crippen LogP contribution in [-0.2, 0) is 0 Å². The van der Waals surface area contributed by atoms with Crippen molar-refractivity contribution in [2.75, 3.05) is 20.6 Å². The molecule has 0 bridgehead atoms. The molecule has 0 aliphatic carbocycles. The van der Waals surface area contributed by atoms with E-state index in [0.717, 1.165) is 23.2 Å². The highest BCUT2D eigenvalue weighted by Crippen LogP contribution is 2.21. The van der Waals surface area contributed by atoms with Crippen LogP contribution in [0.3, 0.4) is 0 Å². The van der Waals surface area contributed by atoms with Gasteiger partial charge in [0.25, 0.3) is 0 Å². The number of hydrogen-bond acceptors (Lipinski definition) is 1. The van der Waals surface area contributed by atoms with Crippen molar-refractivity contribution in [3.8, 4) is 5.75 Å². The molecule has 0 amide bonds. The molecule has 0 N–H and O–H groups in total. The van der Waals surface area contributed by atoms with Crippen LogP contribution in [0.2, 0.25) is 0 Å². The number of unbranched alkanes of at least 4 members (excludes halogenated alkanes) is 8. The zero-order valence-electron chi connectivity index (χ0n) is 17.0. The first-order valence-corrected chi connectivity index (χ1v) is 10.1. The second-order valence-electron chi connectivity index (χ2n) is 7.60. The third-order valence-corrected chi connectivity index (χ3v) is 5.16. The molecule has 0 fully saturated rings. The van der Waals surface area contributed by atoms with Gasteiger partial charge in [-0.15, -0.1) is 0 Å². The van der Waals surface area contributed by atoms with Crippen LogP contribution in [0.15, 0.2) is 30.3 Å². The Kier molecular flexibility index (Phi) is 14.3. The molecule has 1 aromatic rings. The third-order valence-electron chi connectivity index (χ3n) is 5.16. The lowest BCUT2D eigenvalue weighted by Gasteiger charge is -2.36. The molecule has 1 rings (SSSR count). The number of halogens is 1. The molecular formula is C22H40BrNO. The topological polar surface area (TPSA) is 9.23 Å². The maximum absolute atomic E-state index is 6.31. The summed E-state index contributed by atoms with van der Waals surface area (Å²) in [5.41, 5.74) is 0. The Balaban J connectivity index is 0.00000576. The van der Waals surface area contributed by atoms with Crippen LogP contribution < -0.4 is 21.7 Å². The Morgan fingerprint density at radius 1 is 0.800 bits per heavy atom.